The minimum absolute atomic E-state index is 0.323. The van der Waals surface area contributed by atoms with E-state index in [1.807, 2.05) is 12.1 Å². The molecule has 3 aromatic rings. The first-order valence-corrected chi connectivity index (χ1v) is 9.41. The molecule has 1 unspecified atom stereocenters. The van der Waals surface area contributed by atoms with Gasteiger partial charge in [-0.1, -0.05) is 0 Å². The van der Waals surface area contributed by atoms with E-state index in [9.17, 15) is 5.11 Å². The molecule has 3 rings (SSSR count). The number of phenols is 1. The Bertz CT molecular complexity index is 693. The summed E-state index contributed by atoms with van der Waals surface area (Å²) in [5.74, 6) is 0.700. The standard InChI is InChI=1S/C20H18OSe/c21-18-13-11-17(12-14-18)20(16-7-3-1-4-8-16)15-22-19-9-5-2-6-10-19/h1-14,20-21H,15H2. The fraction of sp³-hybridized carbons (Fsp3) is 0.100. The molecule has 1 N–H and O–H groups in total. The number of aromatic hydroxyl groups is 1. The van der Waals surface area contributed by atoms with Crippen LogP contribution in [0.4, 0.5) is 0 Å². The van der Waals surface area contributed by atoms with Gasteiger partial charge in [0.25, 0.3) is 0 Å². The predicted molar refractivity (Wildman–Crippen MR) is 93.0 cm³/mol. The van der Waals surface area contributed by atoms with Crippen molar-refractivity contribution in [3.8, 4) is 5.75 Å². The Morgan fingerprint density at radius 1 is 0.682 bits per heavy atom. The van der Waals surface area contributed by atoms with E-state index in [4.69, 9.17) is 0 Å². The normalized spacial score (nSPS) is 12.0. The van der Waals surface area contributed by atoms with Crippen LogP contribution >= 0.6 is 0 Å². The molecule has 0 aromatic heterocycles. The van der Waals surface area contributed by atoms with Crippen molar-refractivity contribution >= 4 is 19.4 Å². The first-order chi connectivity index (χ1) is 10.8. The van der Waals surface area contributed by atoms with E-state index in [-0.39, 0.29) is 0 Å². The first-order valence-electron chi connectivity index (χ1n) is 7.34. The third-order valence-electron chi connectivity index (χ3n) is 3.66. The van der Waals surface area contributed by atoms with Crippen molar-refractivity contribution in [3.05, 3.63) is 96.1 Å². The topological polar surface area (TPSA) is 20.2 Å². The predicted octanol–water partition coefficient (Wildman–Crippen LogP) is 3.97. The molecule has 0 radical (unpaired) electrons. The molecule has 3 aromatic carbocycles. The van der Waals surface area contributed by atoms with Gasteiger partial charge in [0.2, 0.25) is 0 Å². The number of rotatable bonds is 5. The van der Waals surface area contributed by atoms with Crippen LogP contribution in [0, 0.1) is 0 Å². The summed E-state index contributed by atoms with van der Waals surface area (Å²) < 4.78 is 1.43. The summed E-state index contributed by atoms with van der Waals surface area (Å²) in [6.07, 6.45) is 0. The molecular weight excluding hydrogens is 335 g/mol. The molecule has 1 atom stereocenters. The first kappa shape index (κ1) is 14.9. The van der Waals surface area contributed by atoms with Crippen LogP contribution in [0.2, 0.25) is 5.32 Å². The summed E-state index contributed by atoms with van der Waals surface area (Å²) in [5.41, 5.74) is 2.60. The van der Waals surface area contributed by atoms with Crippen molar-refractivity contribution in [2.24, 2.45) is 0 Å². The molecule has 0 bridgehead atoms. The summed E-state index contributed by atoms with van der Waals surface area (Å²) >= 11 is 0.430. The van der Waals surface area contributed by atoms with Crippen LogP contribution in [0.1, 0.15) is 17.0 Å². The maximum absolute atomic E-state index is 9.52. The van der Waals surface area contributed by atoms with Crippen LogP contribution in [0.15, 0.2) is 84.9 Å². The van der Waals surface area contributed by atoms with Gasteiger partial charge in [-0.15, -0.1) is 0 Å². The van der Waals surface area contributed by atoms with E-state index < -0.39 is 0 Å². The Morgan fingerprint density at radius 2 is 1.23 bits per heavy atom. The molecule has 0 aliphatic heterocycles. The van der Waals surface area contributed by atoms with Crippen molar-refractivity contribution in [1.29, 1.82) is 0 Å². The average molecular weight is 353 g/mol. The molecule has 0 amide bonds. The van der Waals surface area contributed by atoms with Gasteiger partial charge in [-0.2, -0.15) is 0 Å². The van der Waals surface area contributed by atoms with E-state index >= 15 is 0 Å². The third-order valence-corrected chi connectivity index (χ3v) is 5.98. The van der Waals surface area contributed by atoms with Crippen LogP contribution in [-0.4, -0.2) is 20.1 Å². The van der Waals surface area contributed by atoms with E-state index in [1.165, 1.54) is 15.6 Å². The van der Waals surface area contributed by atoms with Gasteiger partial charge < -0.3 is 0 Å². The fourth-order valence-corrected chi connectivity index (χ4v) is 4.77. The van der Waals surface area contributed by atoms with Gasteiger partial charge in [0, 0.05) is 0 Å². The molecular formula is C20H18OSe. The maximum atomic E-state index is 9.52. The summed E-state index contributed by atoms with van der Waals surface area (Å²) in [4.78, 5) is 0. The number of phenolic OH excluding ortho intramolecular Hbond substituents is 1. The zero-order valence-electron chi connectivity index (χ0n) is 12.2. The number of hydrogen-bond donors (Lipinski definition) is 1. The van der Waals surface area contributed by atoms with Gasteiger partial charge in [-0.25, -0.2) is 0 Å². The second kappa shape index (κ2) is 7.31. The second-order valence-electron chi connectivity index (χ2n) is 5.18. The van der Waals surface area contributed by atoms with Crippen molar-refractivity contribution in [2.75, 3.05) is 0 Å². The minimum atomic E-state index is 0.323. The van der Waals surface area contributed by atoms with Gasteiger partial charge in [0.05, 0.1) is 0 Å². The summed E-state index contributed by atoms with van der Waals surface area (Å²) in [5, 5.41) is 10.6. The van der Waals surface area contributed by atoms with Gasteiger partial charge in [0.15, 0.2) is 0 Å². The Labute approximate surface area is 137 Å². The molecule has 2 heteroatoms. The molecule has 0 aliphatic rings. The van der Waals surface area contributed by atoms with Gasteiger partial charge in [0.1, 0.15) is 0 Å². The molecule has 0 fully saturated rings. The zero-order chi connectivity index (χ0) is 15.2. The van der Waals surface area contributed by atoms with E-state index in [2.05, 4.69) is 60.7 Å². The SMILES string of the molecule is Oc1ccc(C(C[Se]c2ccccc2)c2ccccc2)cc1. The summed E-state index contributed by atoms with van der Waals surface area (Å²) in [6.45, 7) is 0. The second-order valence-corrected chi connectivity index (χ2v) is 7.47. The van der Waals surface area contributed by atoms with Crippen molar-refractivity contribution in [3.63, 3.8) is 0 Å². The van der Waals surface area contributed by atoms with Crippen LogP contribution in [-0.2, 0) is 0 Å². The van der Waals surface area contributed by atoms with Gasteiger partial charge in [-0.3, -0.25) is 0 Å². The Kier molecular flexibility index (Phi) is 4.95. The zero-order valence-corrected chi connectivity index (χ0v) is 13.9. The molecule has 0 saturated heterocycles. The molecule has 0 saturated carbocycles. The van der Waals surface area contributed by atoms with Gasteiger partial charge >= 0.3 is 138 Å². The van der Waals surface area contributed by atoms with Crippen molar-refractivity contribution < 1.29 is 5.11 Å². The molecule has 0 aliphatic carbocycles. The van der Waals surface area contributed by atoms with Crippen LogP contribution in [0.25, 0.3) is 0 Å². The fourth-order valence-electron chi connectivity index (χ4n) is 2.47. The third kappa shape index (κ3) is 3.79. The Morgan fingerprint density at radius 3 is 1.86 bits per heavy atom. The quantitative estimate of drug-likeness (QED) is 0.688. The average Bonchev–Trinajstić information content (AvgIpc) is 2.58. The summed E-state index contributed by atoms with van der Waals surface area (Å²) in [7, 11) is 0. The molecule has 22 heavy (non-hydrogen) atoms. The van der Waals surface area contributed by atoms with Crippen molar-refractivity contribution in [2.45, 2.75) is 11.2 Å². The molecule has 0 spiro atoms. The number of hydrogen-bond acceptors (Lipinski definition) is 1. The molecule has 1 nitrogen and oxygen atoms in total. The molecule has 0 heterocycles. The van der Waals surface area contributed by atoms with E-state index in [0.717, 1.165) is 5.32 Å². The van der Waals surface area contributed by atoms with Gasteiger partial charge in [-0.05, 0) is 0 Å². The van der Waals surface area contributed by atoms with Crippen LogP contribution < -0.4 is 4.46 Å². The monoisotopic (exact) mass is 354 g/mol. The van der Waals surface area contributed by atoms with E-state index in [1.54, 1.807) is 12.1 Å². The Balaban J connectivity index is 1.85. The van der Waals surface area contributed by atoms with Crippen LogP contribution in [0.5, 0.6) is 5.75 Å². The van der Waals surface area contributed by atoms with Crippen LogP contribution in [0.3, 0.4) is 0 Å². The Hall–Kier alpha value is -2.02. The summed E-state index contributed by atoms with van der Waals surface area (Å²) in [6, 6.07) is 29.0. The number of benzene rings is 3. The molecule has 110 valence electrons. The van der Waals surface area contributed by atoms with E-state index in [0.29, 0.717) is 26.6 Å². The van der Waals surface area contributed by atoms with Crippen molar-refractivity contribution in [1.82, 2.24) is 0 Å².